The lowest BCUT2D eigenvalue weighted by Gasteiger charge is -2.15. The van der Waals surface area contributed by atoms with Gasteiger partial charge in [-0.25, -0.2) is 15.0 Å². The number of halogens is 3. The lowest BCUT2D eigenvalue weighted by atomic mass is 10.2. The average molecular weight is 361 g/mol. The molecule has 2 aromatic rings. The van der Waals surface area contributed by atoms with Crippen molar-refractivity contribution < 1.29 is 28.1 Å². The van der Waals surface area contributed by atoms with Crippen LogP contribution in [0.3, 0.4) is 0 Å². The third kappa shape index (κ3) is 3.39. The molecule has 11 heteroatoms. The Balaban J connectivity index is 2.09. The molecule has 3 unspecified atom stereocenters. The summed E-state index contributed by atoms with van der Waals surface area (Å²) in [5.74, 6) is -1.31. The van der Waals surface area contributed by atoms with E-state index in [4.69, 9.17) is 9.84 Å². The van der Waals surface area contributed by atoms with Crippen molar-refractivity contribution in [3.05, 3.63) is 12.2 Å². The van der Waals surface area contributed by atoms with Crippen molar-refractivity contribution in [2.75, 3.05) is 11.9 Å². The highest BCUT2D eigenvalue weighted by molar-refractivity contribution is 5.83. The monoisotopic (exact) mass is 361 g/mol. The number of hydrogen-bond donors (Lipinski definition) is 3. The zero-order chi connectivity index (χ0) is 18.4. The first-order valence-electron chi connectivity index (χ1n) is 7.73. The molecule has 3 rings (SSSR count). The van der Waals surface area contributed by atoms with Crippen LogP contribution in [0.5, 0.6) is 0 Å². The summed E-state index contributed by atoms with van der Waals surface area (Å²) in [6.07, 6.45) is -5.83. The first kappa shape index (κ1) is 17.8. The summed E-state index contributed by atoms with van der Waals surface area (Å²) in [6.45, 7) is 3.13. The Labute approximate surface area is 140 Å². The van der Waals surface area contributed by atoms with Gasteiger partial charge in [-0.15, -0.1) is 0 Å². The molecule has 3 atom stereocenters. The van der Waals surface area contributed by atoms with Gasteiger partial charge >= 0.3 is 6.18 Å². The first-order chi connectivity index (χ1) is 11.7. The number of rotatable bonds is 4. The number of nitrogens with one attached hydrogen (secondary N) is 1. The first-order valence-corrected chi connectivity index (χ1v) is 7.73. The number of imidazole rings is 1. The quantitative estimate of drug-likeness (QED) is 0.754. The number of aliphatic hydroxyl groups excluding tert-OH is 2. The molecule has 0 aromatic carbocycles. The summed E-state index contributed by atoms with van der Waals surface area (Å²) in [7, 11) is 0. The standard InChI is InChI=1S/C14H18F3N5O3/c1-6(2)19-11-10-12(21-13(20-11)14(15,16)17)22(5-18-10)9-3-7(24)8(4-23)25-9/h5-9,23-24H,3-4H2,1-2H3,(H,19,20,21). The summed E-state index contributed by atoms with van der Waals surface area (Å²) >= 11 is 0. The SMILES string of the molecule is CC(C)Nc1nc(C(F)(F)F)nc2c1ncn2C1CC(O)C(CO)O1. The maximum absolute atomic E-state index is 13.1. The number of anilines is 1. The second-order valence-electron chi connectivity index (χ2n) is 6.13. The second-order valence-corrected chi connectivity index (χ2v) is 6.13. The van der Waals surface area contributed by atoms with Crippen LogP contribution in [0.2, 0.25) is 0 Å². The summed E-state index contributed by atoms with van der Waals surface area (Å²) in [5.41, 5.74) is 0.119. The molecule has 0 amide bonds. The van der Waals surface area contributed by atoms with Crippen LogP contribution in [0, 0.1) is 0 Å². The fourth-order valence-corrected chi connectivity index (χ4v) is 2.68. The van der Waals surface area contributed by atoms with Gasteiger partial charge in [0.25, 0.3) is 0 Å². The van der Waals surface area contributed by atoms with Crippen LogP contribution in [0.1, 0.15) is 32.3 Å². The van der Waals surface area contributed by atoms with E-state index in [-0.39, 0.29) is 29.4 Å². The van der Waals surface area contributed by atoms with E-state index in [1.807, 2.05) is 0 Å². The topological polar surface area (TPSA) is 105 Å². The highest BCUT2D eigenvalue weighted by Gasteiger charge is 2.38. The predicted molar refractivity (Wildman–Crippen MR) is 80.7 cm³/mol. The third-order valence-electron chi connectivity index (χ3n) is 3.79. The van der Waals surface area contributed by atoms with Gasteiger partial charge in [-0.1, -0.05) is 0 Å². The molecule has 8 nitrogen and oxygen atoms in total. The lowest BCUT2D eigenvalue weighted by molar-refractivity contribution is -0.144. The van der Waals surface area contributed by atoms with E-state index in [1.165, 1.54) is 10.9 Å². The molecule has 0 spiro atoms. The zero-order valence-electron chi connectivity index (χ0n) is 13.5. The van der Waals surface area contributed by atoms with Crippen molar-refractivity contribution in [3.8, 4) is 0 Å². The Hall–Kier alpha value is -1.98. The molecule has 0 bridgehead atoms. The number of alkyl halides is 3. The van der Waals surface area contributed by atoms with E-state index in [2.05, 4.69) is 20.3 Å². The average Bonchev–Trinajstić information content (AvgIpc) is 3.08. The summed E-state index contributed by atoms with van der Waals surface area (Å²) in [5, 5.41) is 21.8. The predicted octanol–water partition coefficient (Wildman–Crippen LogP) is 1.31. The Morgan fingerprint density at radius 2 is 2.12 bits per heavy atom. The maximum Gasteiger partial charge on any atom is 0.451 e. The van der Waals surface area contributed by atoms with Gasteiger partial charge in [0, 0.05) is 12.5 Å². The fraction of sp³-hybridized carbons (Fsp3) is 0.643. The largest absolute Gasteiger partial charge is 0.451 e. The van der Waals surface area contributed by atoms with Crippen molar-refractivity contribution in [3.63, 3.8) is 0 Å². The van der Waals surface area contributed by atoms with E-state index in [0.29, 0.717) is 0 Å². The van der Waals surface area contributed by atoms with Crippen LogP contribution in [-0.4, -0.2) is 54.6 Å². The highest BCUT2D eigenvalue weighted by atomic mass is 19.4. The number of nitrogens with zero attached hydrogens (tertiary/aromatic N) is 4. The molecular formula is C14H18F3N5O3. The Kier molecular flexibility index (Phi) is 4.56. The highest BCUT2D eigenvalue weighted by Crippen LogP contribution is 2.34. The molecular weight excluding hydrogens is 343 g/mol. The van der Waals surface area contributed by atoms with E-state index in [0.717, 1.165) is 0 Å². The van der Waals surface area contributed by atoms with Gasteiger partial charge in [0.05, 0.1) is 19.0 Å². The second kappa shape index (κ2) is 6.39. The van der Waals surface area contributed by atoms with Crippen molar-refractivity contribution >= 4 is 17.0 Å². The third-order valence-corrected chi connectivity index (χ3v) is 3.79. The summed E-state index contributed by atoms with van der Waals surface area (Å²) in [6, 6.07) is -0.160. The van der Waals surface area contributed by atoms with Crippen LogP contribution >= 0.6 is 0 Å². The molecule has 3 heterocycles. The van der Waals surface area contributed by atoms with Gasteiger partial charge < -0.3 is 20.3 Å². The molecule has 1 saturated heterocycles. The van der Waals surface area contributed by atoms with Gasteiger partial charge in [0.2, 0.25) is 5.82 Å². The minimum atomic E-state index is -4.72. The maximum atomic E-state index is 13.1. The summed E-state index contributed by atoms with van der Waals surface area (Å²) < 4.78 is 46.2. The molecule has 1 fully saturated rings. The minimum Gasteiger partial charge on any atom is -0.394 e. The minimum absolute atomic E-state index is 0.0247. The number of hydrogen-bond acceptors (Lipinski definition) is 7. The molecule has 1 aliphatic rings. The lowest BCUT2D eigenvalue weighted by Crippen LogP contribution is -2.24. The van der Waals surface area contributed by atoms with E-state index >= 15 is 0 Å². The number of aliphatic hydroxyl groups is 2. The Morgan fingerprint density at radius 3 is 2.68 bits per heavy atom. The zero-order valence-corrected chi connectivity index (χ0v) is 13.5. The smallest absolute Gasteiger partial charge is 0.394 e. The van der Waals surface area contributed by atoms with Gasteiger partial charge in [-0.2, -0.15) is 13.2 Å². The molecule has 138 valence electrons. The van der Waals surface area contributed by atoms with Crippen LogP contribution < -0.4 is 5.32 Å². The number of aromatic nitrogens is 4. The van der Waals surface area contributed by atoms with Gasteiger partial charge in [-0.3, -0.25) is 4.57 Å². The van der Waals surface area contributed by atoms with E-state index in [1.54, 1.807) is 13.8 Å². The fourth-order valence-electron chi connectivity index (χ4n) is 2.68. The van der Waals surface area contributed by atoms with E-state index in [9.17, 15) is 18.3 Å². The van der Waals surface area contributed by atoms with Gasteiger partial charge in [-0.05, 0) is 13.8 Å². The number of fused-ring (bicyclic) bond motifs is 1. The van der Waals surface area contributed by atoms with Gasteiger partial charge in [0.15, 0.2) is 17.0 Å². The Morgan fingerprint density at radius 1 is 1.40 bits per heavy atom. The molecule has 0 saturated carbocycles. The van der Waals surface area contributed by atoms with Crippen LogP contribution in [0.15, 0.2) is 6.33 Å². The van der Waals surface area contributed by atoms with Crippen molar-refractivity contribution in [1.29, 1.82) is 0 Å². The van der Waals surface area contributed by atoms with Crippen molar-refractivity contribution in [2.45, 2.75) is 50.9 Å². The molecule has 1 aliphatic heterocycles. The molecule has 0 aliphatic carbocycles. The van der Waals surface area contributed by atoms with Crippen LogP contribution in [-0.2, 0) is 10.9 Å². The molecule has 2 aromatic heterocycles. The molecule has 3 N–H and O–H groups in total. The van der Waals surface area contributed by atoms with Gasteiger partial charge in [0.1, 0.15) is 12.3 Å². The normalized spacial score (nSPS) is 24.4. The summed E-state index contributed by atoms with van der Waals surface area (Å²) in [4.78, 5) is 11.2. The Bertz CT molecular complexity index is 764. The molecule has 0 radical (unpaired) electrons. The van der Waals surface area contributed by atoms with Crippen LogP contribution in [0.4, 0.5) is 19.0 Å². The van der Waals surface area contributed by atoms with E-state index < -0.39 is 37.0 Å². The number of ether oxygens (including phenoxy) is 1. The van der Waals surface area contributed by atoms with Crippen molar-refractivity contribution in [2.24, 2.45) is 0 Å². The van der Waals surface area contributed by atoms with Crippen molar-refractivity contribution in [1.82, 2.24) is 19.5 Å². The molecule has 25 heavy (non-hydrogen) atoms. The van der Waals surface area contributed by atoms with Crippen LogP contribution in [0.25, 0.3) is 11.2 Å².